The van der Waals surface area contributed by atoms with Crippen LogP contribution in [0.1, 0.15) is 11.3 Å². The smallest absolute Gasteiger partial charge is 0.128 e. The van der Waals surface area contributed by atoms with Crippen molar-refractivity contribution in [1.82, 2.24) is 4.98 Å². The second-order valence-corrected chi connectivity index (χ2v) is 5.88. The fourth-order valence-electron chi connectivity index (χ4n) is 2.39. The third-order valence-electron chi connectivity index (χ3n) is 3.67. The van der Waals surface area contributed by atoms with Crippen LogP contribution in [0.2, 0.25) is 5.02 Å². The zero-order valence-corrected chi connectivity index (χ0v) is 14.7. The van der Waals surface area contributed by atoms with Crippen LogP contribution >= 0.6 is 11.6 Å². The molecule has 0 unspecified atom stereocenters. The van der Waals surface area contributed by atoms with Gasteiger partial charge in [-0.15, -0.1) is 0 Å². The van der Waals surface area contributed by atoms with E-state index >= 15 is 0 Å². The largest absolute Gasteiger partial charge is 0.546 e. The standard InChI is InChI=1S/C20H16ClNO4/c1-25-16-8-9-19-17(11-16)18(21)10-14(22-19)5-2-13-3-6-15(7-4-13)26-12-20(23)24/h2-11H,12H2,1H3,(H,23,24)/p-1/b5-2+. The second kappa shape index (κ2) is 7.89. The molecule has 0 fully saturated rings. The molecule has 0 radical (unpaired) electrons. The van der Waals surface area contributed by atoms with Crippen molar-refractivity contribution in [3.63, 3.8) is 0 Å². The van der Waals surface area contributed by atoms with Crippen molar-refractivity contribution in [3.05, 3.63) is 64.8 Å². The van der Waals surface area contributed by atoms with Gasteiger partial charge in [-0.1, -0.05) is 29.8 Å². The molecular weight excluding hydrogens is 354 g/mol. The summed E-state index contributed by atoms with van der Waals surface area (Å²) in [5.41, 5.74) is 2.42. The van der Waals surface area contributed by atoms with E-state index in [2.05, 4.69) is 4.98 Å². The number of carboxylic acid groups (broad SMARTS) is 1. The number of carbonyl (C=O) groups is 1. The highest BCUT2D eigenvalue weighted by Gasteiger charge is 2.04. The predicted octanol–water partition coefficient (Wildman–Crippen LogP) is 3.20. The molecule has 132 valence electrons. The topological polar surface area (TPSA) is 71.5 Å². The SMILES string of the molecule is COc1ccc2nc(/C=C/c3ccc(OCC(=O)[O-])cc3)cc(Cl)c2c1. The summed E-state index contributed by atoms with van der Waals surface area (Å²) < 4.78 is 10.2. The van der Waals surface area contributed by atoms with E-state index in [0.717, 1.165) is 27.9 Å². The van der Waals surface area contributed by atoms with E-state index in [1.54, 1.807) is 25.3 Å². The Morgan fingerprint density at radius 2 is 1.85 bits per heavy atom. The Bertz CT molecular complexity index is 967. The lowest BCUT2D eigenvalue weighted by Gasteiger charge is -2.06. The number of hydrogen-bond donors (Lipinski definition) is 0. The predicted molar refractivity (Wildman–Crippen MR) is 99.2 cm³/mol. The van der Waals surface area contributed by atoms with Crippen LogP contribution < -0.4 is 14.6 Å². The monoisotopic (exact) mass is 368 g/mol. The van der Waals surface area contributed by atoms with Crippen LogP contribution in [0.25, 0.3) is 23.1 Å². The summed E-state index contributed by atoms with van der Waals surface area (Å²) in [7, 11) is 1.61. The number of aliphatic carboxylic acids is 1. The van der Waals surface area contributed by atoms with Crippen LogP contribution in [0.4, 0.5) is 0 Å². The minimum absolute atomic E-state index is 0.465. The van der Waals surface area contributed by atoms with Crippen LogP contribution in [0, 0.1) is 0 Å². The highest BCUT2D eigenvalue weighted by atomic mass is 35.5. The highest BCUT2D eigenvalue weighted by molar-refractivity contribution is 6.35. The van der Waals surface area contributed by atoms with Gasteiger partial charge < -0.3 is 19.4 Å². The third-order valence-corrected chi connectivity index (χ3v) is 3.98. The Morgan fingerprint density at radius 1 is 1.12 bits per heavy atom. The fraction of sp³-hybridized carbons (Fsp3) is 0.100. The van der Waals surface area contributed by atoms with E-state index < -0.39 is 12.6 Å². The average Bonchev–Trinajstić information content (AvgIpc) is 2.65. The van der Waals surface area contributed by atoms with Gasteiger partial charge in [0.15, 0.2) is 0 Å². The second-order valence-electron chi connectivity index (χ2n) is 5.48. The number of fused-ring (bicyclic) bond motifs is 1. The molecular formula is C20H15ClNO4-. The maximum atomic E-state index is 10.4. The molecule has 26 heavy (non-hydrogen) atoms. The number of carboxylic acids is 1. The molecule has 0 bridgehead atoms. The Hall–Kier alpha value is -3.05. The molecule has 0 N–H and O–H groups in total. The molecule has 6 heteroatoms. The summed E-state index contributed by atoms with van der Waals surface area (Å²) in [6.45, 7) is -0.473. The zero-order chi connectivity index (χ0) is 18.5. The van der Waals surface area contributed by atoms with Crippen molar-refractivity contribution < 1.29 is 19.4 Å². The molecule has 0 amide bonds. The summed E-state index contributed by atoms with van der Waals surface area (Å²) in [6.07, 6.45) is 3.74. The maximum absolute atomic E-state index is 10.4. The average molecular weight is 369 g/mol. The summed E-state index contributed by atoms with van der Waals surface area (Å²) >= 11 is 6.35. The molecule has 5 nitrogen and oxygen atoms in total. The lowest BCUT2D eigenvalue weighted by Crippen LogP contribution is -2.28. The van der Waals surface area contributed by atoms with E-state index in [9.17, 15) is 9.90 Å². The fourth-order valence-corrected chi connectivity index (χ4v) is 2.66. The van der Waals surface area contributed by atoms with Gasteiger partial charge in [0.1, 0.15) is 18.1 Å². The summed E-state index contributed by atoms with van der Waals surface area (Å²) in [5.74, 6) is -0.0662. The molecule has 0 aliphatic heterocycles. The maximum Gasteiger partial charge on any atom is 0.128 e. The van der Waals surface area contributed by atoms with Gasteiger partial charge in [0.25, 0.3) is 0 Å². The number of carbonyl (C=O) groups excluding carboxylic acids is 1. The van der Waals surface area contributed by atoms with Gasteiger partial charge in [-0.05, 0) is 48.0 Å². The number of rotatable bonds is 6. The summed E-state index contributed by atoms with van der Waals surface area (Å²) in [6, 6.07) is 14.3. The number of ether oxygens (including phenoxy) is 2. The molecule has 0 saturated carbocycles. The van der Waals surface area contributed by atoms with Gasteiger partial charge in [0.2, 0.25) is 0 Å². The van der Waals surface area contributed by atoms with Crippen LogP contribution in [-0.4, -0.2) is 24.7 Å². The van der Waals surface area contributed by atoms with Crippen molar-refractivity contribution in [1.29, 1.82) is 0 Å². The normalized spacial score (nSPS) is 11.0. The van der Waals surface area contributed by atoms with Crippen molar-refractivity contribution in [2.45, 2.75) is 0 Å². The molecule has 0 saturated heterocycles. The van der Waals surface area contributed by atoms with Gasteiger partial charge in [0.05, 0.1) is 29.3 Å². The van der Waals surface area contributed by atoms with Crippen LogP contribution in [0.15, 0.2) is 48.5 Å². The van der Waals surface area contributed by atoms with E-state index in [4.69, 9.17) is 21.1 Å². The van der Waals surface area contributed by atoms with Crippen molar-refractivity contribution >= 4 is 40.6 Å². The Morgan fingerprint density at radius 3 is 2.54 bits per heavy atom. The molecule has 0 aliphatic rings. The summed E-state index contributed by atoms with van der Waals surface area (Å²) in [5, 5.41) is 11.8. The highest BCUT2D eigenvalue weighted by Crippen LogP contribution is 2.27. The first-order chi connectivity index (χ1) is 12.5. The first-order valence-corrected chi connectivity index (χ1v) is 8.18. The van der Waals surface area contributed by atoms with Gasteiger partial charge >= 0.3 is 0 Å². The molecule has 1 heterocycles. The number of pyridine rings is 1. The van der Waals surface area contributed by atoms with Crippen molar-refractivity contribution in [2.75, 3.05) is 13.7 Å². The van der Waals surface area contributed by atoms with E-state index in [0.29, 0.717) is 10.8 Å². The Labute approximate surface area is 155 Å². The van der Waals surface area contributed by atoms with Crippen LogP contribution in [0.5, 0.6) is 11.5 Å². The number of benzene rings is 2. The molecule has 3 aromatic rings. The van der Waals surface area contributed by atoms with E-state index in [-0.39, 0.29) is 0 Å². The van der Waals surface area contributed by atoms with Gasteiger partial charge in [-0.3, -0.25) is 0 Å². The number of hydrogen-bond acceptors (Lipinski definition) is 5. The third kappa shape index (κ3) is 4.32. The Balaban J connectivity index is 1.78. The lowest BCUT2D eigenvalue weighted by atomic mass is 10.1. The number of aromatic nitrogens is 1. The molecule has 2 aromatic carbocycles. The van der Waals surface area contributed by atoms with Crippen molar-refractivity contribution in [2.24, 2.45) is 0 Å². The van der Waals surface area contributed by atoms with Gasteiger partial charge in [-0.25, -0.2) is 4.98 Å². The van der Waals surface area contributed by atoms with Crippen LogP contribution in [0.3, 0.4) is 0 Å². The van der Waals surface area contributed by atoms with Gasteiger partial charge in [0, 0.05) is 5.39 Å². The number of halogens is 1. The van der Waals surface area contributed by atoms with E-state index in [1.807, 2.05) is 42.5 Å². The molecule has 1 aromatic heterocycles. The zero-order valence-electron chi connectivity index (χ0n) is 13.9. The van der Waals surface area contributed by atoms with Gasteiger partial charge in [-0.2, -0.15) is 0 Å². The summed E-state index contributed by atoms with van der Waals surface area (Å²) in [4.78, 5) is 15.0. The Kier molecular flexibility index (Phi) is 5.39. The van der Waals surface area contributed by atoms with Crippen molar-refractivity contribution in [3.8, 4) is 11.5 Å². The quantitative estimate of drug-likeness (QED) is 0.668. The molecule has 0 spiro atoms. The minimum atomic E-state index is -1.26. The number of nitrogens with zero attached hydrogens (tertiary/aromatic N) is 1. The van der Waals surface area contributed by atoms with E-state index in [1.165, 1.54) is 0 Å². The lowest BCUT2D eigenvalue weighted by molar-refractivity contribution is -0.307. The number of methoxy groups -OCH3 is 1. The minimum Gasteiger partial charge on any atom is -0.546 e. The molecule has 0 aliphatic carbocycles. The molecule has 0 atom stereocenters. The van der Waals surface area contributed by atoms with Crippen LogP contribution in [-0.2, 0) is 4.79 Å². The first-order valence-electron chi connectivity index (χ1n) is 7.80. The first kappa shape index (κ1) is 17.8. The molecule has 3 rings (SSSR count).